The quantitative estimate of drug-likeness (QED) is 0.524. The van der Waals surface area contributed by atoms with E-state index in [1.807, 2.05) is 0 Å². The number of pyridine rings is 1. The molecule has 0 amide bonds. The Morgan fingerprint density at radius 2 is 2.27 bits per heavy atom. The third kappa shape index (κ3) is 2.20. The van der Waals surface area contributed by atoms with Gasteiger partial charge in [0.25, 0.3) is 12.1 Å². The predicted octanol–water partition coefficient (Wildman–Crippen LogP) is 2.40. The Kier molecular flexibility index (Phi) is 3.51. The molecule has 0 atom stereocenters. The summed E-state index contributed by atoms with van der Waals surface area (Å²) in [5, 5.41) is 10.6. The first kappa shape index (κ1) is 11.8. The first-order valence-electron chi connectivity index (χ1n) is 3.74. The van der Waals surface area contributed by atoms with Gasteiger partial charge in [0.15, 0.2) is 0 Å². The number of nitrogens with two attached hydrogens (primary N) is 1. The van der Waals surface area contributed by atoms with E-state index in [1.165, 1.54) is 0 Å². The molecule has 0 bridgehead atoms. The van der Waals surface area contributed by atoms with Crippen molar-refractivity contribution in [2.75, 3.05) is 5.73 Å². The third-order valence-corrected chi connectivity index (χ3v) is 2.32. The van der Waals surface area contributed by atoms with Crippen LogP contribution in [0.25, 0.3) is 0 Å². The van der Waals surface area contributed by atoms with Gasteiger partial charge in [0.1, 0.15) is 11.4 Å². The summed E-state index contributed by atoms with van der Waals surface area (Å²) in [5.41, 5.74) is 3.93. The average Bonchev–Trinajstić information content (AvgIpc) is 2.16. The van der Waals surface area contributed by atoms with Gasteiger partial charge < -0.3 is 5.73 Å². The minimum atomic E-state index is -2.95. The van der Waals surface area contributed by atoms with Gasteiger partial charge >= 0.3 is 0 Å². The molecule has 8 heteroatoms. The van der Waals surface area contributed by atoms with Crippen LogP contribution < -0.4 is 5.73 Å². The molecule has 1 aromatic heterocycles. The summed E-state index contributed by atoms with van der Waals surface area (Å²) in [6.45, 7) is 0. The van der Waals surface area contributed by atoms with Crippen molar-refractivity contribution in [2.24, 2.45) is 0 Å². The molecule has 1 heterocycles. The molecule has 0 fully saturated rings. The van der Waals surface area contributed by atoms with Crippen LogP contribution in [0, 0.1) is 10.1 Å². The van der Waals surface area contributed by atoms with Crippen LogP contribution in [0.2, 0.25) is 0 Å². The monoisotopic (exact) mass is 281 g/mol. The number of nitrogen functional groups attached to an aromatic ring is 1. The molecule has 1 rings (SSSR count). The van der Waals surface area contributed by atoms with Crippen LogP contribution in [0.1, 0.15) is 17.6 Å². The number of alkyl halides is 3. The van der Waals surface area contributed by atoms with Gasteiger partial charge in [-0.2, -0.15) is 0 Å². The van der Waals surface area contributed by atoms with Crippen molar-refractivity contribution in [3.8, 4) is 0 Å². The molecule has 0 aliphatic carbocycles. The second-order valence-corrected chi connectivity index (χ2v) is 3.18. The van der Waals surface area contributed by atoms with Gasteiger partial charge in [0, 0.05) is 11.5 Å². The lowest BCUT2D eigenvalue weighted by atomic mass is 10.1. The van der Waals surface area contributed by atoms with Gasteiger partial charge in [0.2, 0.25) is 0 Å². The highest BCUT2D eigenvalue weighted by Gasteiger charge is 2.27. The van der Waals surface area contributed by atoms with Crippen LogP contribution in [0.4, 0.5) is 20.3 Å². The van der Waals surface area contributed by atoms with Crippen molar-refractivity contribution in [1.82, 2.24) is 4.98 Å². The fraction of sp³-hybridized carbons (Fsp3) is 0.286. The normalized spacial score (nSPS) is 10.7. The van der Waals surface area contributed by atoms with E-state index in [4.69, 9.17) is 5.73 Å². The molecule has 1 aromatic rings. The summed E-state index contributed by atoms with van der Waals surface area (Å²) in [7, 11) is 0. The van der Waals surface area contributed by atoms with Crippen molar-refractivity contribution in [2.45, 2.75) is 11.8 Å². The molecule has 0 unspecified atom stereocenters. The van der Waals surface area contributed by atoms with E-state index in [-0.39, 0.29) is 16.7 Å². The summed E-state index contributed by atoms with van der Waals surface area (Å²) >= 11 is 2.94. The molecule has 0 aliphatic heterocycles. The zero-order valence-corrected chi connectivity index (χ0v) is 8.87. The van der Waals surface area contributed by atoms with Crippen molar-refractivity contribution < 1.29 is 13.7 Å². The summed E-state index contributed by atoms with van der Waals surface area (Å²) in [6, 6.07) is 0. The molecule has 15 heavy (non-hydrogen) atoms. The van der Waals surface area contributed by atoms with E-state index in [9.17, 15) is 18.9 Å². The van der Waals surface area contributed by atoms with Gasteiger partial charge in [-0.1, -0.05) is 15.9 Å². The molecule has 0 aromatic carbocycles. The Hall–Kier alpha value is -1.31. The van der Waals surface area contributed by atoms with Gasteiger partial charge in [-0.25, -0.2) is 13.8 Å². The number of anilines is 1. The predicted molar refractivity (Wildman–Crippen MR) is 52.9 cm³/mol. The molecule has 0 saturated carbocycles. The van der Waals surface area contributed by atoms with Crippen LogP contribution in [0.5, 0.6) is 0 Å². The van der Waals surface area contributed by atoms with E-state index in [1.54, 1.807) is 0 Å². The Morgan fingerprint density at radius 1 is 1.67 bits per heavy atom. The number of aromatic nitrogens is 1. The highest BCUT2D eigenvalue weighted by molar-refractivity contribution is 9.08. The summed E-state index contributed by atoms with van der Waals surface area (Å²) in [6.07, 6.45) is -2.22. The Balaban J connectivity index is 3.49. The van der Waals surface area contributed by atoms with Gasteiger partial charge in [-0.3, -0.25) is 10.1 Å². The number of hydrogen-bond donors (Lipinski definition) is 1. The Labute approximate surface area is 91.6 Å². The fourth-order valence-electron chi connectivity index (χ4n) is 1.08. The largest absolute Gasteiger partial charge is 0.383 e. The van der Waals surface area contributed by atoms with Crippen molar-refractivity contribution in [3.63, 3.8) is 0 Å². The second kappa shape index (κ2) is 4.47. The molecule has 82 valence electrons. The van der Waals surface area contributed by atoms with Crippen LogP contribution in [0.3, 0.4) is 0 Å². The Bertz CT molecular complexity index is 400. The lowest BCUT2D eigenvalue weighted by molar-refractivity contribution is -0.386. The van der Waals surface area contributed by atoms with E-state index in [0.29, 0.717) is 0 Å². The third-order valence-electron chi connectivity index (χ3n) is 1.76. The molecule has 0 saturated heterocycles. The number of nitro groups is 1. The van der Waals surface area contributed by atoms with Crippen molar-refractivity contribution in [3.05, 3.63) is 27.4 Å². The lowest BCUT2D eigenvalue weighted by Gasteiger charge is -2.06. The van der Waals surface area contributed by atoms with E-state index in [2.05, 4.69) is 20.9 Å². The lowest BCUT2D eigenvalue weighted by Crippen LogP contribution is -2.05. The molecule has 0 radical (unpaired) electrons. The molecular formula is C7H6BrF2N3O2. The van der Waals surface area contributed by atoms with Crippen LogP contribution in [-0.4, -0.2) is 9.91 Å². The van der Waals surface area contributed by atoms with Gasteiger partial charge in [-0.05, 0) is 0 Å². The van der Waals surface area contributed by atoms with E-state index in [0.717, 1.165) is 6.20 Å². The topological polar surface area (TPSA) is 82.0 Å². The molecule has 5 nitrogen and oxygen atoms in total. The second-order valence-electron chi connectivity index (χ2n) is 2.62. The maximum Gasteiger partial charge on any atom is 0.287 e. The number of nitrogens with zero attached hydrogens (tertiary/aromatic N) is 2. The number of halogens is 3. The SMILES string of the molecule is Nc1ncc(C(F)F)c([N+](=O)[O-])c1CBr. The average molecular weight is 282 g/mol. The highest BCUT2D eigenvalue weighted by atomic mass is 79.9. The van der Waals surface area contributed by atoms with E-state index >= 15 is 0 Å². The van der Waals surface area contributed by atoms with Crippen LogP contribution in [0.15, 0.2) is 6.20 Å². The van der Waals surface area contributed by atoms with Gasteiger partial charge in [-0.15, -0.1) is 0 Å². The van der Waals surface area contributed by atoms with Crippen LogP contribution >= 0.6 is 15.9 Å². The summed E-state index contributed by atoms with van der Waals surface area (Å²) in [5.74, 6) is -0.122. The van der Waals surface area contributed by atoms with Crippen molar-refractivity contribution in [1.29, 1.82) is 0 Å². The maximum absolute atomic E-state index is 12.4. The number of rotatable bonds is 3. The van der Waals surface area contributed by atoms with Crippen molar-refractivity contribution >= 4 is 27.4 Å². The van der Waals surface area contributed by atoms with E-state index < -0.39 is 22.6 Å². The fourth-order valence-corrected chi connectivity index (χ4v) is 1.63. The minimum Gasteiger partial charge on any atom is -0.383 e. The number of hydrogen-bond acceptors (Lipinski definition) is 4. The van der Waals surface area contributed by atoms with Gasteiger partial charge in [0.05, 0.1) is 10.5 Å². The molecule has 0 spiro atoms. The molecule has 0 aliphatic rings. The summed E-state index contributed by atoms with van der Waals surface area (Å²) < 4.78 is 24.9. The Morgan fingerprint density at radius 3 is 2.67 bits per heavy atom. The minimum absolute atomic E-state index is 0.00269. The molecule has 2 N–H and O–H groups in total. The zero-order valence-electron chi connectivity index (χ0n) is 7.28. The first-order chi connectivity index (χ1) is 6.99. The highest BCUT2D eigenvalue weighted by Crippen LogP contribution is 2.34. The maximum atomic E-state index is 12.4. The standard InChI is InChI=1S/C7H6BrF2N3O2/c8-1-3-5(13(14)15)4(6(9)10)2-12-7(3)11/h2,6H,1H2,(H2,11,12). The first-order valence-corrected chi connectivity index (χ1v) is 4.87. The zero-order chi connectivity index (χ0) is 11.6. The smallest absolute Gasteiger partial charge is 0.287 e. The summed E-state index contributed by atoms with van der Waals surface area (Å²) in [4.78, 5) is 13.2. The van der Waals surface area contributed by atoms with Crippen LogP contribution in [-0.2, 0) is 5.33 Å². The molecular weight excluding hydrogens is 276 g/mol.